The Hall–Kier alpha value is -1.58. The second-order valence-corrected chi connectivity index (χ2v) is 4.85. The van der Waals surface area contributed by atoms with Crippen molar-refractivity contribution in [3.63, 3.8) is 0 Å². The maximum Gasteiger partial charge on any atom is 0.419 e. The van der Waals surface area contributed by atoms with E-state index < -0.39 is 4.71 Å². The topological polar surface area (TPSA) is 27.7 Å². The van der Waals surface area contributed by atoms with Gasteiger partial charge in [0, 0.05) is 0 Å². The van der Waals surface area contributed by atoms with E-state index in [1.807, 2.05) is 30.3 Å². The summed E-state index contributed by atoms with van der Waals surface area (Å²) in [5, 5.41) is 0. The van der Waals surface area contributed by atoms with Gasteiger partial charge in [-0.2, -0.15) is 0 Å². The summed E-state index contributed by atoms with van der Waals surface area (Å²) in [6.07, 6.45) is 0. The van der Waals surface area contributed by atoms with Gasteiger partial charge in [-0.3, -0.25) is 0 Å². The first-order chi connectivity index (χ1) is 8.64. The van der Waals surface area contributed by atoms with Gasteiger partial charge in [-0.15, -0.1) is 0 Å². The van der Waals surface area contributed by atoms with Crippen molar-refractivity contribution in [2.45, 2.75) is 4.71 Å². The van der Waals surface area contributed by atoms with E-state index in [0.29, 0.717) is 23.0 Å². The van der Waals surface area contributed by atoms with Gasteiger partial charge in [-0.1, -0.05) is 24.3 Å². The number of hydrogen-bond acceptors (Lipinski definition) is 3. The molecule has 3 rings (SSSR count). The minimum atomic E-state index is -1.70. The molecular formula is C13H8Cl2O3. The summed E-state index contributed by atoms with van der Waals surface area (Å²) in [7, 11) is 0. The van der Waals surface area contributed by atoms with Crippen LogP contribution in [0.4, 0.5) is 0 Å². The van der Waals surface area contributed by atoms with Crippen molar-refractivity contribution in [3.05, 3.63) is 48.5 Å². The molecule has 0 bridgehead atoms. The largest absolute Gasteiger partial charge is 0.453 e. The summed E-state index contributed by atoms with van der Waals surface area (Å²) >= 11 is 11.5. The summed E-state index contributed by atoms with van der Waals surface area (Å²) in [6, 6.07) is 14.6. The minimum Gasteiger partial charge on any atom is -0.453 e. The number of para-hydroxylation sites is 2. The lowest BCUT2D eigenvalue weighted by molar-refractivity contribution is 0.0836. The van der Waals surface area contributed by atoms with Crippen molar-refractivity contribution in [1.29, 1.82) is 0 Å². The Morgan fingerprint density at radius 1 is 0.889 bits per heavy atom. The van der Waals surface area contributed by atoms with E-state index in [1.165, 1.54) is 0 Å². The lowest BCUT2D eigenvalue weighted by Gasteiger charge is -2.10. The molecule has 0 aliphatic carbocycles. The van der Waals surface area contributed by atoms with E-state index in [2.05, 4.69) is 0 Å². The predicted octanol–water partition coefficient (Wildman–Crippen LogP) is 4.34. The number of halogens is 2. The van der Waals surface area contributed by atoms with Crippen LogP contribution in [0.25, 0.3) is 0 Å². The van der Waals surface area contributed by atoms with Gasteiger partial charge in [0.2, 0.25) is 5.75 Å². The fraction of sp³-hybridized carbons (Fsp3) is 0.0769. The molecule has 0 spiro atoms. The van der Waals surface area contributed by atoms with Gasteiger partial charge < -0.3 is 14.2 Å². The van der Waals surface area contributed by atoms with Crippen LogP contribution >= 0.6 is 23.2 Å². The third-order valence-electron chi connectivity index (χ3n) is 2.36. The fourth-order valence-electron chi connectivity index (χ4n) is 1.64. The summed E-state index contributed by atoms with van der Waals surface area (Å²) in [5.74, 6) is 2.04. The normalized spacial score (nSPS) is 15.4. The maximum absolute atomic E-state index is 5.77. The van der Waals surface area contributed by atoms with Crippen LogP contribution in [0.2, 0.25) is 0 Å². The lowest BCUT2D eigenvalue weighted by atomic mass is 10.3. The van der Waals surface area contributed by atoms with Crippen LogP contribution in [0.15, 0.2) is 48.5 Å². The molecule has 5 heteroatoms. The molecule has 0 unspecified atom stereocenters. The molecule has 0 fully saturated rings. The molecule has 0 saturated carbocycles. The summed E-state index contributed by atoms with van der Waals surface area (Å²) in [4.78, 5) is 0. The van der Waals surface area contributed by atoms with Crippen molar-refractivity contribution in [2.75, 3.05) is 0 Å². The fourth-order valence-corrected chi connectivity index (χ4v) is 1.96. The van der Waals surface area contributed by atoms with Crippen molar-refractivity contribution < 1.29 is 14.2 Å². The third-order valence-corrected chi connectivity index (χ3v) is 2.67. The molecule has 92 valence electrons. The molecule has 1 heterocycles. The molecule has 18 heavy (non-hydrogen) atoms. The molecule has 1 aliphatic rings. The van der Waals surface area contributed by atoms with Gasteiger partial charge in [0.05, 0.1) is 0 Å². The van der Waals surface area contributed by atoms with E-state index in [9.17, 15) is 0 Å². The molecular weight excluding hydrogens is 275 g/mol. The number of hydrogen-bond donors (Lipinski definition) is 0. The Labute approximate surface area is 114 Å². The standard InChI is InChI=1S/C13H8Cl2O3/c14-13(15)17-11-8-4-7-10(12(11)18-13)16-9-5-2-1-3-6-9/h1-8H. The molecule has 0 atom stereocenters. The number of rotatable bonds is 2. The average Bonchev–Trinajstić information content (AvgIpc) is 2.66. The van der Waals surface area contributed by atoms with Crippen LogP contribution in [0.3, 0.4) is 0 Å². The highest BCUT2D eigenvalue weighted by Gasteiger charge is 2.39. The van der Waals surface area contributed by atoms with E-state index in [0.717, 1.165) is 0 Å². The second-order valence-electron chi connectivity index (χ2n) is 3.67. The van der Waals surface area contributed by atoms with Gasteiger partial charge in [0.15, 0.2) is 11.5 Å². The number of benzene rings is 2. The Morgan fingerprint density at radius 3 is 2.44 bits per heavy atom. The van der Waals surface area contributed by atoms with Crippen molar-refractivity contribution in [2.24, 2.45) is 0 Å². The third kappa shape index (κ3) is 2.19. The number of ether oxygens (including phenoxy) is 3. The van der Waals surface area contributed by atoms with E-state index >= 15 is 0 Å². The zero-order valence-electron chi connectivity index (χ0n) is 9.10. The van der Waals surface area contributed by atoms with Gasteiger partial charge >= 0.3 is 4.71 Å². The maximum atomic E-state index is 5.77. The number of fused-ring (bicyclic) bond motifs is 1. The molecule has 3 nitrogen and oxygen atoms in total. The summed E-state index contributed by atoms with van der Waals surface area (Å²) in [5.41, 5.74) is 0. The molecule has 0 amide bonds. The highest BCUT2D eigenvalue weighted by molar-refractivity contribution is 6.46. The zero-order valence-corrected chi connectivity index (χ0v) is 10.6. The van der Waals surface area contributed by atoms with Gasteiger partial charge in [-0.25, -0.2) is 0 Å². The van der Waals surface area contributed by atoms with Gasteiger partial charge in [-0.05, 0) is 47.5 Å². The van der Waals surface area contributed by atoms with Crippen molar-refractivity contribution >= 4 is 23.2 Å². The molecule has 2 aromatic rings. The van der Waals surface area contributed by atoms with E-state index in [1.54, 1.807) is 18.2 Å². The molecule has 0 radical (unpaired) electrons. The average molecular weight is 283 g/mol. The first-order valence-corrected chi connectivity index (χ1v) is 6.01. The van der Waals surface area contributed by atoms with Crippen LogP contribution < -0.4 is 14.2 Å². The quantitative estimate of drug-likeness (QED) is 0.767. The Morgan fingerprint density at radius 2 is 1.67 bits per heavy atom. The predicted molar refractivity (Wildman–Crippen MR) is 68.7 cm³/mol. The molecule has 0 aromatic heterocycles. The molecule has 2 aromatic carbocycles. The number of alkyl halides is 2. The van der Waals surface area contributed by atoms with Crippen LogP contribution in [-0.2, 0) is 0 Å². The molecule has 0 N–H and O–H groups in total. The Bertz CT molecular complexity index is 570. The highest BCUT2D eigenvalue weighted by Crippen LogP contribution is 2.49. The Balaban J connectivity index is 1.94. The SMILES string of the molecule is ClC1(Cl)Oc2cccc(Oc3ccccc3)c2O1. The monoisotopic (exact) mass is 282 g/mol. The van der Waals surface area contributed by atoms with Crippen LogP contribution in [0, 0.1) is 0 Å². The minimum absolute atomic E-state index is 0.395. The highest BCUT2D eigenvalue weighted by atomic mass is 35.5. The summed E-state index contributed by atoms with van der Waals surface area (Å²) in [6.45, 7) is 0. The smallest absolute Gasteiger partial charge is 0.419 e. The van der Waals surface area contributed by atoms with Crippen molar-refractivity contribution in [3.8, 4) is 23.0 Å². The van der Waals surface area contributed by atoms with Gasteiger partial charge in [0.25, 0.3) is 0 Å². The van der Waals surface area contributed by atoms with Crippen LogP contribution in [-0.4, -0.2) is 4.71 Å². The van der Waals surface area contributed by atoms with Crippen LogP contribution in [0.1, 0.15) is 0 Å². The first-order valence-electron chi connectivity index (χ1n) is 5.26. The zero-order chi connectivity index (χ0) is 12.6. The second kappa shape index (κ2) is 4.26. The summed E-state index contributed by atoms with van der Waals surface area (Å²) < 4.78 is 14.5. The van der Waals surface area contributed by atoms with Crippen LogP contribution in [0.5, 0.6) is 23.0 Å². The molecule has 0 saturated heterocycles. The molecule has 1 aliphatic heterocycles. The first kappa shape index (κ1) is 11.5. The lowest BCUT2D eigenvalue weighted by Crippen LogP contribution is -2.22. The van der Waals surface area contributed by atoms with E-state index in [-0.39, 0.29) is 0 Å². The van der Waals surface area contributed by atoms with Crippen molar-refractivity contribution in [1.82, 2.24) is 0 Å². The van der Waals surface area contributed by atoms with Gasteiger partial charge in [0.1, 0.15) is 5.75 Å². The Kier molecular flexibility index (Phi) is 2.73. The van der Waals surface area contributed by atoms with E-state index in [4.69, 9.17) is 37.4 Å².